The maximum absolute atomic E-state index is 5.61. The predicted molar refractivity (Wildman–Crippen MR) is 53.5 cm³/mol. The Morgan fingerprint density at radius 3 is 2.69 bits per heavy atom. The summed E-state index contributed by atoms with van der Waals surface area (Å²) in [6, 6.07) is 8.38. The maximum atomic E-state index is 5.61. The summed E-state index contributed by atoms with van der Waals surface area (Å²) < 4.78 is 0. The molecule has 1 aliphatic heterocycles. The monoisotopic (exact) mass is 176 g/mol. The van der Waals surface area contributed by atoms with Gasteiger partial charge in [-0.25, -0.2) is 5.32 Å². The zero-order valence-electron chi connectivity index (χ0n) is 7.53. The van der Waals surface area contributed by atoms with Gasteiger partial charge in [0.1, 0.15) is 0 Å². The summed E-state index contributed by atoms with van der Waals surface area (Å²) >= 11 is 0. The van der Waals surface area contributed by atoms with Crippen LogP contribution in [0.1, 0.15) is 11.6 Å². The summed E-state index contributed by atoms with van der Waals surface area (Å²) in [5.74, 6) is 0. The van der Waals surface area contributed by atoms with Crippen LogP contribution in [0.5, 0.6) is 0 Å². The lowest BCUT2D eigenvalue weighted by atomic mass is 10.1. The van der Waals surface area contributed by atoms with Crippen molar-refractivity contribution in [1.29, 1.82) is 0 Å². The molecule has 1 fully saturated rings. The SMILES string of the molecule is Nc1ccc(C2C[N]CCN2)cc1. The zero-order chi connectivity index (χ0) is 9.10. The molecule has 69 valence electrons. The van der Waals surface area contributed by atoms with Crippen LogP contribution in [0, 0.1) is 0 Å². The summed E-state index contributed by atoms with van der Waals surface area (Å²) in [7, 11) is 0. The van der Waals surface area contributed by atoms with Crippen LogP contribution >= 0.6 is 0 Å². The van der Waals surface area contributed by atoms with Gasteiger partial charge in [-0.15, -0.1) is 0 Å². The van der Waals surface area contributed by atoms with Crippen LogP contribution < -0.4 is 16.4 Å². The van der Waals surface area contributed by atoms with Crippen molar-refractivity contribution < 1.29 is 0 Å². The Hall–Kier alpha value is -1.06. The summed E-state index contributed by atoms with van der Waals surface area (Å²) in [4.78, 5) is 0. The second-order valence-corrected chi connectivity index (χ2v) is 3.30. The molecule has 0 aromatic heterocycles. The molecular formula is C10H14N3. The highest BCUT2D eigenvalue weighted by atomic mass is 15.1. The van der Waals surface area contributed by atoms with Crippen molar-refractivity contribution in [1.82, 2.24) is 10.6 Å². The molecule has 1 heterocycles. The van der Waals surface area contributed by atoms with Gasteiger partial charge in [-0.1, -0.05) is 12.1 Å². The molecule has 13 heavy (non-hydrogen) atoms. The van der Waals surface area contributed by atoms with E-state index in [-0.39, 0.29) is 0 Å². The van der Waals surface area contributed by atoms with Crippen molar-refractivity contribution >= 4 is 5.69 Å². The minimum atomic E-state index is 0.384. The smallest absolute Gasteiger partial charge is 0.0464 e. The number of piperazine rings is 1. The van der Waals surface area contributed by atoms with Crippen molar-refractivity contribution in [2.24, 2.45) is 0 Å². The molecule has 1 atom stereocenters. The fourth-order valence-electron chi connectivity index (χ4n) is 1.55. The first kappa shape index (κ1) is 8.53. The van der Waals surface area contributed by atoms with Crippen LogP contribution in [0.3, 0.4) is 0 Å². The number of nitrogens with zero attached hydrogens (tertiary/aromatic N) is 1. The molecule has 1 saturated heterocycles. The number of hydrogen-bond acceptors (Lipinski definition) is 2. The molecule has 3 heteroatoms. The number of nitrogen functional groups attached to an aromatic ring is 1. The summed E-state index contributed by atoms with van der Waals surface area (Å²) in [5, 5.41) is 7.78. The van der Waals surface area contributed by atoms with Gasteiger partial charge in [0.2, 0.25) is 0 Å². The minimum absolute atomic E-state index is 0.384. The molecule has 0 spiro atoms. The third-order valence-corrected chi connectivity index (χ3v) is 2.31. The van der Waals surface area contributed by atoms with E-state index < -0.39 is 0 Å². The standard InChI is InChI=1S/C10H14N3/c11-9-3-1-8(2-4-9)10-7-12-5-6-13-10/h1-4,10,13H,5-7,11H2. The molecule has 1 unspecified atom stereocenters. The Bertz CT molecular complexity index is 262. The number of anilines is 1. The van der Waals surface area contributed by atoms with Crippen molar-refractivity contribution in [2.45, 2.75) is 6.04 Å². The van der Waals surface area contributed by atoms with Gasteiger partial charge in [-0.3, -0.25) is 0 Å². The highest BCUT2D eigenvalue weighted by Gasteiger charge is 2.13. The van der Waals surface area contributed by atoms with Crippen LogP contribution in [0.15, 0.2) is 24.3 Å². The molecule has 0 amide bonds. The van der Waals surface area contributed by atoms with Crippen molar-refractivity contribution in [2.75, 3.05) is 25.4 Å². The van der Waals surface area contributed by atoms with Gasteiger partial charge in [-0.2, -0.15) is 0 Å². The third kappa shape index (κ3) is 1.99. The van der Waals surface area contributed by atoms with Crippen LogP contribution in [-0.4, -0.2) is 19.6 Å². The van der Waals surface area contributed by atoms with Gasteiger partial charge < -0.3 is 11.1 Å². The minimum Gasteiger partial charge on any atom is -0.399 e. The van der Waals surface area contributed by atoms with E-state index in [4.69, 9.17) is 5.73 Å². The van der Waals surface area contributed by atoms with Gasteiger partial charge in [0.05, 0.1) is 0 Å². The quantitative estimate of drug-likeness (QED) is 0.613. The van der Waals surface area contributed by atoms with Crippen molar-refractivity contribution in [3.63, 3.8) is 0 Å². The number of hydrogen-bond donors (Lipinski definition) is 2. The fourth-order valence-corrected chi connectivity index (χ4v) is 1.55. The second kappa shape index (κ2) is 3.77. The van der Waals surface area contributed by atoms with E-state index in [1.807, 2.05) is 12.1 Å². The fraction of sp³-hybridized carbons (Fsp3) is 0.400. The van der Waals surface area contributed by atoms with E-state index in [0.29, 0.717) is 6.04 Å². The van der Waals surface area contributed by atoms with Gasteiger partial charge in [0.25, 0.3) is 0 Å². The summed E-state index contributed by atoms with van der Waals surface area (Å²) in [6.07, 6.45) is 0. The highest BCUT2D eigenvalue weighted by molar-refractivity contribution is 5.40. The van der Waals surface area contributed by atoms with Crippen molar-refractivity contribution in [3.8, 4) is 0 Å². The third-order valence-electron chi connectivity index (χ3n) is 2.31. The van der Waals surface area contributed by atoms with Gasteiger partial charge in [0, 0.05) is 31.4 Å². The largest absolute Gasteiger partial charge is 0.399 e. The lowest BCUT2D eigenvalue weighted by molar-refractivity contribution is 0.424. The van der Waals surface area contributed by atoms with E-state index in [1.54, 1.807) is 0 Å². The summed E-state index contributed by atoms with van der Waals surface area (Å²) in [6.45, 7) is 2.80. The van der Waals surface area contributed by atoms with E-state index in [1.165, 1.54) is 5.56 Å². The van der Waals surface area contributed by atoms with E-state index >= 15 is 0 Å². The molecule has 1 aliphatic rings. The van der Waals surface area contributed by atoms with E-state index in [9.17, 15) is 0 Å². The average Bonchev–Trinajstić information content (AvgIpc) is 2.20. The topological polar surface area (TPSA) is 52.2 Å². The predicted octanol–water partition coefficient (Wildman–Crippen LogP) is 0.517. The van der Waals surface area contributed by atoms with Crippen LogP contribution in [0.4, 0.5) is 5.69 Å². The Balaban J connectivity index is 2.10. The second-order valence-electron chi connectivity index (χ2n) is 3.30. The Morgan fingerprint density at radius 1 is 1.31 bits per heavy atom. The number of benzene rings is 1. The molecule has 0 bridgehead atoms. The Morgan fingerprint density at radius 2 is 2.08 bits per heavy atom. The Kier molecular flexibility index (Phi) is 2.47. The number of rotatable bonds is 1. The molecule has 0 aliphatic carbocycles. The van der Waals surface area contributed by atoms with E-state index in [0.717, 1.165) is 25.3 Å². The molecule has 2 rings (SSSR count). The highest BCUT2D eigenvalue weighted by Crippen LogP contribution is 2.15. The van der Waals surface area contributed by atoms with Gasteiger partial charge in [0.15, 0.2) is 0 Å². The van der Waals surface area contributed by atoms with Crippen molar-refractivity contribution in [3.05, 3.63) is 29.8 Å². The average molecular weight is 176 g/mol. The van der Waals surface area contributed by atoms with Crippen LogP contribution in [0.2, 0.25) is 0 Å². The van der Waals surface area contributed by atoms with Crippen LogP contribution in [0.25, 0.3) is 0 Å². The van der Waals surface area contributed by atoms with E-state index in [2.05, 4.69) is 22.8 Å². The molecule has 3 N–H and O–H groups in total. The van der Waals surface area contributed by atoms with Gasteiger partial charge >= 0.3 is 0 Å². The first-order valence-electron chi connectivity index (χ1n) is 4.58. The Labute approximate surface area is 78.3 Å². The lowest BCUT2D eigenvalue weighted by Gasteiger charge is -2.23. The number of nitrogens with two attached hydrogens (primary N) is 1. The first-order chi connectivity index (χ1) is 6.36. The zero-order valence-corrected chi connectivity index (χ0v) is 7.53. The molecule has 1 aromatic carbocycles. The molecule has 3 nitrogen and oxygen atoms in total. The summed E-state index contributed by atoms with van der Waals surface area (Å²) in [5.41, 5.74) is 7.70. The molecular weight excluding hydrogens is 162 g/mol. The van der Waals surface area contributed by atoms with Gasteiger partial charge in [-0.05, 0) is 17.7 Å². The van der Waals surface area contributed by atoms with Crippen LogP contribution in [-0.2, 0) is 0 Å². The first-order valence-corrected chi connectivity index (χ1v) is 4.58. The normalized spacial score (nSPS) is 22.9. The molecule has 1 aromatic rings. The molecule has 0 saturated carbocycles. The maximum Gasteiger partial charge on any atom is 0.0464 e. The lowest BCUT2D eigenvalue weighted by Crippen LogP contribution is -2.38. The number of nitrogens with one attached hydrogen (secondary N) is 1. The molecule has 1 radical (unpaired) electrons.